The first-order valence-corrected chi connectivity index (χ1v) is 21.9. The number of carbonyl (C=O) groups is 6. The predicted octanol–water partition coefficient (Wildman–Crippen LogP) is 5.57. The lowest BCUT2D eigenvalue weighted by Crippen LogP contribution is -2.70. The summed E-state index contributed by atoms with van der Waals surface area (Å²) in [6, 6.07) is 16.3. The molecule has 4 aliphatic carbocycles. The summed E-state index contributed by atoms with van der Waals surface area (Å²) in [7, 11) is 0. The van der Waals surface area contributed by atoms with Crippen LogP contribution in [0, 0.1) is 10.8 Å². The summed E-state index contributed by atoms with van der Waals surface area (Å²) in [4.78, 5) is 87.5. The molecule has 6 amide bonds. The number of nitrogens with one attached hydrogen (secondary N) is 2. The van der Waals surface area contributed by atoms with Crippen molar-refractivity contribution < 1.29 is 52.2 Å². The number of alkyl halides is 3. The number of amides is 6. The highest BCUT2D eigenvalue weighted by Gasteiger charge is 2.67. The van der Waals surface area contributed by atoms with Crippen LogP contribution in [0.3, 0.4) is 0 Å². The van der Waals surface area contributed by atoms with Gasteiger partial charge < -0.3 is 26.6 Å². The van der Waals surface area contributed by atoms with Crippen molar-refractivity contribution in [2.75, 3.05) is 18.0 Å². The Balaban J connectivity index is 1.30. The van der Waals surface area contributed by atoms with Gasteiger partial charge in [-0.2, -0.15) is 13.2 Å². The number of rotatable bonds is 9. The minimum absolute atomic E-state index is 0.279. The normalized spacial score (nSPS) is 30.4. The molecule has 65 heavy (non-hydrogen) atoms. The summed E-state index contributed by atoms with van der Waals surface area (Å²) in [5.41, 5.74) is 7.45. The van der Waals surface area contributed by atoms with Gasteiger partial charge in [0.2, 0.25) is 11.8 Å². The van der Waals surface area contributed by atoms with Crippen LogP contribution in [-0.2, 0) is 36.4 Å². The van der Waals surface area contributed by atoms with Gasteiger partial charge in [0.25, 0.3) is 11.8 Å². The van der Waals surface area contributed by atoms with E-state index < -0.39 is 105 Å². The highest BCUT2D eigenvalue weighted by atomic mass is 19.4. The second kappa shape index (κ2) is 15.9. The maximum absolute atomic E-state index is 14.9. The van der Waals surface area contributed by atoms with Crippen LogP contribution in [0.15, 0.2) is 72.8 Å². The van der Waals surface area contributed by atoms with Crippen molar-refractivity contribution in [3.05, 3.63) is 101 Å². The molecule has 0 saturated carbocycles. The van der Waals surface area contributed by atoms with Gasteiger partial charge in [0.15, 0.2) is 0 Å². The fourth-order valence-corrected chi connectivity index (χ4v) is 13.5. The Morgan fingerprint density at radius 3 is 1.28 bits per heavy atom. The number of carbonyl (C=O) groups excluding carboxylic acids is 4. The molecule has 3 aromatic carbocycles. The maximum atomic E-state index is 14.9. The Bertz CT molecular complexity index is 2290. The summed E-state index contributed by atoms with van der Waals surface area (Å²) >= 11 is 0. The average molecular weight is 902 g/mol. The summed E-state index contributed by atoms with van der Waals surface area (Å²) < 4.78 is 42.4. The van der Waals surface area contributed by atoms with E-state index in [0.717, 1.165) is 12.1 Å². The molecule has 346 valence electrons. The largest absolute Gasteiger partial charge is 0.465 e. The highest BCUT2D eigenvalue weighted by molar-refractivity contribution is 6.01. The van der Waals surface area contributed by atoms with E-state index in [-0.39, 0.29) is 13.1 Å². The Morgan fingerprint density at radius 1 is 0.585 bits per heavy atom. The molecule has 8 atom stereocenters. The van der Waals surface area contributed by atoms with Gasteiger partial charge in [-0.05, 0) is 98.1 Å². The van der Waals surface area contributed by atoms with E-state index in [0.29, 0.717) is 66.5 Å². The number of carboxylic acid groups (broad SMARTS) is 2. The number of primary amides is 2. The van der Waals surface area contributed by atoms with Gasteiger partial charge >= 0.3 is 18.4 Å². The predicted molar refractivity (Wildman–Crippen MR) is 230 cm³/mol. The lowest BCUT2D eigenvalue weighted by molar-refractivity contribution is -0.150. The quantitative estimate of drug-likeness (QED) is 0.156. The van der Waals surface area contributed by atoms with Crippen molar-refractivity contribution in [3.63, 3.8) is 0 Å². The SMILES string of the molecule is CC1(C)C(C(N)=O)c2ccc(cc2)[C@@]1(C(=O)NC(=O)O)N1CCCC1C1CC[C@H](C2CCCN2[C@]2(C(=O)NC(=O)O)c3ccc(cc3)C(C(N)=O)C2(C)C)N1c1ccc(C(F)(F)F)cc1. The third kappa shape index (κ3) is 6.68. The minimum atomic E-state index is -4.64. The number of hydrogen-bond acceptors (Lipinski definition) is 9. The molecule has 3 aliphatic heterocycles. The van der Waals surface area contributed by atoms with Crippen molar-refractivity contribution in [2.45, 2.75) is 119 Å². The van der Waals surface area contributed by atoms with Crippen molar-refractivity contribution in [1.29, 1.82) is 0 Å². The molecule has 0 radical (unpaired) electrons. The third-order valence-corrected chi connectivity index (χ3v) is 15.6. The zero-order chi connectivity index (χ0) is 47.2. The number of halogens is 3. The topological polar surface area (TPSA) is 229 Å². The smallest absolute Gasteiger partial charge is 0.416 e. The molecular formula is C47H54F3N7O8. The Labute approximate surface area is 373 Å². The van der Waals surface area contributed by atoms with Crippen molar-refractivity contribution >= 4 is 41.5 Å². The van der Waals surface area contributed by atoms with Crippen molar-refractivity contribution in [3.8, 4) is 0 Å². The Kier molecular flexibility index (Phi) is 11.1. The number of anilines is 1. The first kappa shape index (κ1) is 45.6. The second-order valence-electron chi connectivity index (χ2n) is 19.3. The average Bonchev–Trinajstić information content (AvgIpc) is 3.94. The van der Waals surface area contributed by atoms with Gasteiger partial charge in [0.05, 0.1) is 17.4 Å². The molecule has 4 bridgehead atoms. The maximum Gasteiger partial charge on any atom is 0.416 e. The van der Waals surface area contributed by atoms with E-state index in [4.69, 9.17) is 11.5 Å². The molecule has 15 nitrogen and oxygen atoms in total. The first-order chi connectivity index (χ1) is 30.5. The molecule has 18 heteroatoms. The van der Waals surface area contributed by atoms with Crippen LogP contribution >= 0.6 is 0 Å². The highest BCUT2D eigenvalue weighted by Crippen LogP contribution is 2.60. The zero-order valence-electron chi connectivity index (χ0n) is 36.5. The number of hydrogen-bond donors (Lipinski definition) is 6. The standard InChI is InChI=1S/C47H54F3N7O8/c1-43(2)35(37(51)58)25-9-13-27(14-10-25)45(43,39(60)53-41(62)63)55-23-5-7-31(55)33-21-22-34(57(33)30-19-17-29(18-20-30)47(48,49)50)32-8-6-24-56(32)46(40(61)54-42(64)65)28-15-11-26(12-16-28)36(38(52)59)44(46,3)4/h9-20,31-36H,5-8,21-24H2,1-4H3,(H2,51,58)(H2,52,59)(H,53,60)(H,54,61)(H,62,63)(H,64,65)/t31?,32?,33-,34?,35?,36?,45+,46+/m1/s1. The molecular weight excluding hydrogens is 848 g/mol. The van der Waals surface area contributed by atoms with Crippen molar-refractivity contribution in [1.82, 2.24) is 20.4 Å². The van der Waals surface area contributed by atoms with Gasteiger partial charge in [-0.25, -0.2) is 9.59 Å². The summed E-state index contributed by atoms with van der Waals surface area (Å²) in [6.07, 6.45) is -4.94. The van der Waals surface area contributed by atoms with Crippen LogP contribution < -0.4 is 27.0 Å². The molecule has 8 N–H and O–H groups in total. The summed E-state index contributed by atoms with van der Waals surface area (Å²) in [6.45, 7) is 7.46. The van der Waals surface area contributed by atoms with Crippen LogP contribution in [0.4, 0.5) is 28.4 Å². The van der Waals surface area contributed by atoms with Gasteiger partial charge in [-0.3, -0.25) is 39.6 Å². The number of benzene rings is 3. The van der Waals surface area contributed by atoms with Gasteiger partial charge in [0, 0.05) is 40.7 Å². The van der Waals surface area contributed by atoms with Gasteiger partial charge in [-0.15, -0.1) is 0 Å². The molecule has 10 rings (SSSR count). The van der Waals surface area contributed by atoms with E-state index in [1.807, 2.05) is 9.80 Å². The lowest BCUT2D eigenvalue weighted by Gasteiger charge is -2.56. The van der Waals surface area contributed by atoms with Gasteiger partial charge in [-0.1, -0.05) is 76.2 Å². The molecule has 3 saturated heterocycles. The molecule has 0 spiro atoms. The van der Waals surface area contributed by atoms with E-state index in [1.165, 1.54) is 12.1 Å². The molecule has 0 aromatic heterocycles. The molecule has 7 aliphatic rings. The lowest BCUT2D eigenvalue weighted by atomic mass is 9.60. The van der Waals surface area contributed by atoms with Crippen LogP contribution in [0.1, 0.15) is 106 Å². The molecule has 5 unspecified atom stereocenters. The van der Waals surface area contributed by atoms with Crippen molar-refractivity contribution in [2.24, 2.45) is 22.3 Å². The first-order valence-electron chi connectivity index (χ1n) is 21.9. The van der Waals surface area contributed by atoms with Crippen LogP contribution in [-0.4, -0.2) is 93.1 Å². The Morgan fingerprint density at radius 2 is 0.954 bits per heavy atom. The Hall–Kier alpha value is -6.01. The number of likely N-dealkylation sites (tertiary alicyclic amines) is 2. The monoisotopic (exact) mass is 901 g/mol. The van der Waals surface area contributed by atoms with E-state index in [1.54, 1.807) is 76.2 Å². The van der Waals surface area contributed by atoms with Gasteiger partial charge in [0.1, 0.15) is 11.1 Å². The van der Waals surface area contributed by atoms with Crippen LogP contribution in [0.5, 0.6) is 0 Å². The fourth-order valence-electron chi connectivity index (χ4n) is 13.5. The fraction of sp³-hybridized carbons (Fsp3) is 0.489. The van der Waals surface area contributed by atoms with Crippen LogP contribution in [0.2, 0.25) is 0 Å². The zero-order valence-corrected chi connectivity index (χ0v) is 36.5. The molecule has 3 heterocycles. The van der Waals surface area contributed by atoms with E-state index >= 15 is 0 Å². The molecule has 3 aromatic rings. The molecule has 3 fully saturated rings. The third-order valence-electron chi connectivity index (χ3n) is 15.6. The van der Waals surface area contributed by atoms with E-state index in [2.05, 4.69) is 15.5 Å². The summed E-state index contributed by atoms with van der Waals surface area (Å²) in [5.74, 6) is -5.27. The number of nitrogens with two attached hydrogens (primary N) is 2. The number of nitrogens with zero attached hydrogens (tertiary/aromatic N) is 3. The number of fused-ring (bicyclic) bond motifs is 8. The summed E-state index contributed by atoms with van der Waals surface area (Å²) in [5, 5.41) is 24.4. The number of imide groups is 2. The van der Waals surface area contributed by atoms with E-state index in [9.17, 15) is 52.2 Å². The second-order valence-corrected chi connectivity index (χ2v) is 19.3. The minimum Gasteiger partial charge on any atom is -0.465 e. The van der Waals surface area contributed by atoms with Crippen LogP contribution in [0.25, 0.3) is 0 Å².